The van der Waals surface area contributed by atoms with Crippen molar-refractivity contribution in [3.63, 3.8) is 0 Å². The van der Waals surface area contributed by atoms with E-state index in [9.17, 15) is 0 Å². The minimum Gasteiger partial charge on any atom is -0.492 e. The number of hydrogen-bond acceptors (Lipinski definition) is 3. The zero-order chi connectivity index (χ0) is 11.4. The molecule has 2 rings (SSSR count). The normalized spacial score (nSPS) is 20.4. The van der Waals surface area contributed by atoms with E-state index in [2.05, 4.69) is 11.1 Å². The van der Waals surface area contributed by atoms with Crippen LogP contribution in [0.5, 0.6) is 5.75 Å². The van der Waals surface area contributed by atoms with E-state index in [4.69, 9.17) is 10.5 Å². The lowest BCUT2D eigenvalue weighted by atomic mass is 9.92. The number of nitrogens with zero attached hydrogens (tertiary/aromatic N) is 1. The standard InChI is InChI=1S/C13H18N2O/c1-2-16-13-7-11(8-15-9-13)10-4-3-5-12(14)6-10/h6-9,12H,2-5,14H2,1H3. The van der Waals surface area contributed by atoms with Crippen molar-refractivity contribution in [1.82, 2.24) is 4.98 Å². The number of ether oxygens (including phenoxy) is 1. The highest BCUT2D eigenvalue weighted by Crippen LogP contribution is 2.27. The van der Waals surface area contributed by atoms with Gasteiger partial charge in [0.25, 0.3) is 0 Å². The first-order valence-corrected chi connectivity index (χ1v) is 5.84. The molecule has 0 fully saturated rings. The van der Waals surface area contributed by atoms with E-state index in [1.165, 1.54) is 5.57 Å². The van der Waals surface area contributed by atoms with E-state index in [1.54, 1.807) is 6.20 Å². The predicted octanol–water partition coefficient (Wildman–Crippen LogP) is 2.37. The first kappa shape index (κ1) is 11.1. The van der Waals surface area contributed by atoms with Crippen LogP contribution in [0, 0.1) is 0 Å². The average molecular weight is 218 g/mol. The maximum absolute atomic E-state index is 5.93. The summed E-state index contributed by atoms with van der Waals surface area (Å²) in [5, 5.41) is 0. The van der Waals surface area contributed by atoms with Gasteiger partial charge in [-0.25, -0.2) is 0 Å². The van der Waals surface area contributed by atoms with Crippen LogP contribution in [-0.4, -0.2) is 17.6 Å². The molecule has 2 N–H and O–H groups in total. The molecule has 1 heterocycles. The molecule has 1 unspecified atom stereocenters. The van der Waals surface area contributed by atoms with Crippen molar-refractivity contribution in [2.24, 2.45) is 5.73 Å². The lowest BCUT2D eigenvalue weighted by Gasteiger charge is -2.18. The number of aromatic nitrogens is 1. The Morgan fingerprint density at radius 3 is 3.12 bits per heavy atom. The summed E-state index contributed by atoms with van der Waals surface area (Å²) in [5.74, 6) is 0.833. The Morgan fingerprint density at radius 2 is 2.38 bits per heavy atom. The van der Waals surface area contributed by atoms with Crippen molar-refractivity contribution in [1.29, 1.82) is 0 Å². The molecule has 0 bridgehead atoms. The van der Waals surface area contributed by atoms with Crippen LogP contribution >= 0.6 is 0 Å². The summed E-state index contributed by atoms with van der Waals surface area (Å²) >= 11 is 0. The minimum atomic E-state index is 0.194. The SMILES string of the molecule is CCOc1cncc(C2=CC(N)CCC2)c1. The van der Waals surface area contributed by atoms with E-state index in [0.717, 1.165) is 30.6 Å². The van der Waals surface area contributed by atoms with E-state index >= 15 is 0 Å². The minimum absolute atomic E-state index is 0.194. The average Bonchev–Trinajstić information content (AvgIpc) is 2.30. The first-order chi connectivity index (χ1) is 7.79. The zero-order valence-electron chi connectivity index (χ0n) is 9.65. The van der Waals surface area contributed by atoms with Gasteiger partial charge >= 0.3 is 0 Å². The third-order valence-electron chi connectivity index (χ3n) is 2.79. The second-order valence-electron chi connectivity index (χ2n) is 4.09. The number of allylic oxidation sites excluding steroid dienone is 1. The van der Waals surface area contributed by atoms with Gasteiger partial charge in [-0.1, -0.05) is 6.08 Å². The molecule has 3 nitrogen and oxygen atoms in total. The van der Waals surface area contributed by atoms with Crippen LogP contribution in [0.3, 0.4) is 0 Å². The summed E-state index contributed by atoms with van der Waals surface area (Å²) in [4.78, 5) is 4.20. The quantitative estimate of drug-likeness (QED) is 0.847. The molecule has 1 aliphatic carbocycles. The van der Waals surface area contributed by atoms with Crippen molar-refractivity contribution in [3.05, 3.63) is 30.1 Å². The lowest BCUT2D eigenvalue weighted by molar-refractivity contribution is 0.338. The van der Waals surface area contributed by atoms with Crippen LogP contribution in [0.15, 0.2) is 24.5 Å². The van der Waals surface area contributed by atoms with Gasteiger partial charge in [-0.15, -0.1) is 0 Å². The molecule has 1 atom stereocenters. The van der Waals surface area contributed by atoms with Gasteiger partial charge in [0.2, 0.25) is 0 Å². The van der Waals surface area contributed by atoms with Crippen molar-refractivity contribution in [2.45, 2.75) is 32.2 Å². The van der Waals surface area contributed by atoms with Crippen LogP contribution < -0.4 is 10.5 Å². The lowest BCUT2D eigenvalue weighted by Crippen LogP contribution is -2.20. The van der Waals surface area contributed by atoms with Crippen LogP contribution in [0.4, 0.5) is 0 Å². The summed E-state index contributed by atoms with van der Waals surface area (Å²) < 4.78 is 5.44. The summed E-state index contributed by atoms with van der Waals surface area (Å²) in [6, 6.07) is 2.24. The van der Waals surface area contributed by atoms with Gasteiger partial charge in [-0.3, -0.25) is 4.98 Å². The van der Waals surface area contributed by atoms with Crippen LogP contribution in [-0.2, 0) is 0 Å². The molecule has 0 saturated carbocycles. The van der Waals surface area contributed by atoms with Crippen LogP contribution in [0.2, 0.25) is 0 Å². The molecule has 3 heteroatoms. The topological polar surface area (TPSA) is 48.1 Å². The third kappa shape index (κ3) is 2.61. The van der Waals surface area contributed by atoms with Crippen molar-refractivity contribution >= 4 is 5.57 Å². The number of pyridine rings is 1. The van der Waals surface area contributed by atoms with Crippen LogP contribution in [0.25, 0.3) is 5.57 Å². The number of nitrogens with two attached hydrogens (primary N) is 1. The maximum atomic E-state index is 5.93. The Labute approximate surface area is 96.3 Å². The molecular formula is C13H18N2O. The molecule has 1 aromatic heterocycles. The fraction of sp³-hybridized carbons (Fsp3) is 0.462. The van der Waals surface area contributed by atoms with Crippen molar-refractivity contribution in [2.75, 3.05) is 6.61 Å². The molecule has 0 amide bonds. The molecule has 0 radical (unpaired) electrons. The summed E-state index contributed by atoms with van der Waals surface area (Å²) in [5.41, 5.74) is 8.37. The van der Waals surface area contributed by atoms with Gasteiger partial charge in [-0.05, 0) is 43.4 Å². The Kier molecular flexibility index (Phi) is 3.57. The van der Waals surface area contributed by atoms with E-state index in [1.807, 2.05) is 19.2 Å². The smallest absolute Gasteiger partial charge is 0.138 e. The highest BCUT2D eigenvalue weighted by Gasteiger charge is 2.12. The molecular weight excluding hydrogens is 200 g/mol. The zero-order valence-corrected chi connectivity index (χ0v) is 9.65. The van der Waals surface area contributed by atoms with Gasteiger partial charge in [0.15, 0.2) is 0 Å². The fourth-order valence-electron chi connectivity index (χ4n) is 2.03. The molecule has 86 valence electrons. The predicted molar refractivity (Wildman–Crippen MR) is 65.2 cm³/mol. The molecule has 0 saturated heterocycles. The van der Waals surface area contributed by atoms with E-state index in [-0.39, 0.29) is 6.04 Å². The molecule has 1 aromatic rings. The largest absolute Gasteiger partial charge is 0.492 e. The summed E-state index contributed by atoms with van der Waals surface area (Å²) in [7, 11) is 0. The Balaban J connectivity index is 2.22. The molecule has 0 aromatic carbocycles. The first-order valence-electron chi connectivity index (χ1n) is 5.84. The molecule has 0 spiro atoms. The van der Waals surface area contributed by atoms with Gasteiger partial charge < -0.3 is 10.5 Å². The molecule has 0 aliphatic heterocycles. The maximum Gasteiger partial charge on any atom is 0.138 e. The van der Waals surface area contributed by atoms with Crippen molar-refractivity contribution < 1.29 is 4.74 Å². The highest BCUT2D eigenvalue weighted by atomic mass is 16.5. The second-order valence-corrected chi connectivity index (χ2v) is 4.09. The van der Waals surface area contributed by atoms with E-state index in [0.29, 0.717) is 6.61 Å². The number of hydrogen-bond donors (Lipinski definition) is 1. The Hall–Kier alpha value is -1.35. The van der Waals surface area contributed by atoms with Gasteiger partial charge in [0, 0.05) is 12.2 Å². The van der Waals surface area contributed by atoms with E-state index < -0.39 is 0 Å². The Bertz CT molecular complexity index is 387. The van der Waals surface area contributed by atoms with Gasteiger partial charge in [0.05, 0.1) is 12.8 Å². The second kappa shape index (κ2) is 5.12. The summed E-state index contributed by atoms with van der Waals surface area (Å²) in [6.45, 7) is 2.64. The third-order valence-corrected chi connectivity index (χ3v) is 2.79. The monoisotopic (exact) mass is 218 g/mol. The van der Waals surface area contributed by atoms with Gasteiger partial charge in [0.1, 0.15) is 5.75 Å². The van der Waals surface area contributed by atoms with Crippen molar-refractivity contribution in [3.8, 4) is 5.75 Å². The highest BCUT2D eigenvalue weighted by molar-refractivity contribution is 5.67. The van der Waals surface area contributed by atoms with Gasteiger partial charge in [-0.2, -0.15) is 0 Å². The Morgan fingerprint density at radius 1 is 1.50 bits per heavy atom. The fourth-order valence-corrected chi connectivity index (χ4v) is 2.03. The summed E-state index contributed by atoms with van der Waals surface area (Å²) in [6.07, 6.45) is 9.11. The molecule has 16 heavy (non-hydrogen) atoms. The molecule has 1 aliphatic rings. The van der Waals surface area contributed by atoms with Crippen LogP contribution in [0.1, 0.15) is 31.7 Å². The number of rotatable bonds is 3.